The number of nitrogens with zero attached hydrogens (tertiary/aromatic N) is 1. The Hall–Kier alpha value is -2.59. The van der Waals surface area contributed by atoms with Gasteiger partial charge in [0.05, 0.1) is 22.3 Å². The average molecular weight is 357 g/mol. The topological polar surface area (TPSA) is 34.1 Å². The van der Waals surface area contributed by atoms with E-state index in [-0.39, 0.29) is 11.9 Å². The number of pyridine rings is 1. The SMILES string of the molecule is C=CCOc1ccc(F)c(C(C)Nc2c(Cl)cnc3ccccc23)c1. The molecule has 0 bridgehead atoms. The molecule has 0 aliphatic carbocycles. The lowest BCUT2D eigenvalue weighted by Crippen LogP contribution is -2.10. The average Bonchev–Trinajstić information content (AvgIpc) is 2.63. The van der Waals surface area contributed by atoms with Crippen molar-refractivity contribution in [3.63, 3.8) is 0 Å². The molecule has 0 saturated carbocycles. The van der Waals surface area contributed by atoms with Gasteiger partial charge < -0.3 is 10.1 Å². The Labute approximate surface area is 151 Å². The van der Waals surface area contributed by atoms with Crippen LogP contribution in [0.2, 0.25) is 5.02 Å². The Morgan fingerprint density at radius 3 is 2.92 bits per heavy atom. The number of nitrogens with one attached hydrogen (secondary N) is 1. The number of benzene rings is 2. The van der Waals surface area contributed by atoms with Crippen molar-refractivity contribution in [1.82, 2.24) is 4.98 Å². The molecular weight excluding hydrogens is 339 g/mol. The second-order valence-electron chi connectivity index (χ2n) is 5.65. The van der Waals surface area contributed by atoms with Crippen molar-refractivity contribution >= 4 is 28.2 Å². The smallest absolute Gasteiger partial charge is 0.128 e. The number of hydrogen-bond donors (Lipinski definition) is 1. The Morgan fingerprint density at radius 1 is 1.32 bits per heavy atom. The maximum absolute atomic E-state index is 14.3. The first-order valence-electron chi connectivity index (χ1n) is 7.93. The minimum absolute atomic E-state index is 0.305. The van der Waals surface area contributed by atoms with Gasteiger partial charge in [0, 0.05) is 17.1 Å². The second-order valence-corrected chi connectivity index (χ2v) is 6.05. The quantitative estimate of drug-likeness (QED) is 0.570. The van der Waals surface area contributed by atoms with E-state index in [0.717, 1.165) is 16.6 Å². The molecule has 1 aromatic heterocycles. The van der Waals surface area contributed by atoms with Crippen LogP contribution in [-0.2, 0) is 0 Å². The van der Waals surface area contributed by atoms with Crippen molar-refractivity contribution in [3.05, 3.63) is 77.7 Å². The molecule has 128 valence electrons. The van der Waals surface area contributed by atoms with Crippen LogP contribution < -0.4 is 10.1 Å². The van der Waals surface area contributed by atoms with Gasteiger partial charge >= 0.3 is 0 Å². The molecule has 0 aliphatic heterocycles. The molecule has 1 N–H and O–H groups in total. The number of para-hydroxylation sites is 1. The van der Waals surface area contributed by atoms with E-state index in [9.17, 15) is 4.39 Å². The number of hydrogen-bond acceptors (Lipinski definition) is 3. The fourth-order valence-corrected chi connectivity index (χ4v) is 2.86. The lowest BCUT2D eigenvalue weighted by Gasteiger charge is -2.19. The maximum Gasteiger partial charge on any atom is 0.128 e. The summed E-state index contributed by atoms with van der Waals surface area (Å²) in [5.41, 5.74) is 2.06. The summed E-state index contributed by atoms with van der Waals surface area (Å²) in [6, 6.07) is 12.1. The van der Waals surface area contributed by atoms with Gasteiger partial charge in [-0.3, -0.25) is 4.98 Å². The summed E-state index contributed by atoms with van der Waals surface area (Å²) in [6.45, 7) is 5.86. The molecule has 1 heterocycles. The van der Waals surface area contributed by atoms with Gasteiger partial charge in [0.2, 0.25) is 0 Å². The predicted octanol–water partition coefficient (Wildman–Crippen LogP) is 5.77. The van der Waals surface area contributed by atoms with Crippen LogP contribution >= 0.6 is 11.6 Å². The largest absolute Gasteiger partial charge is 0.490 e. The molecule has 3 nitrogen and oxygen atoms in total. The van der Waals surface area contributed by atoms with E-state index in [2.05, 4.69) is 16.9 Å². The highest BCUT2D eigenvalue weighted by molar-refractivity contribution is 6.34. The first-order valence-corrected chi connectivity index (χ1v) is 8.31. The van der Waals surface area contributed by atoms with Crippen LogP contribution in [0.1, 0.15) is 18.5 Å². The monoisotopic (exact) mass is 356 g/mol. The molecule has 3 rings (SSSR count). The summed E-state index contributed by atoms with van der Waals surface area (Å²) < 4.78 is 19.8. The molecule has 0 amide bonds. The van der Waals surface area contributed by atoms with E-state index in [1.165, 1.54) is 6.07 Å². The van der Waals surface area contributed by atoms with Crippen molar-refractivity contribution in [2.45, 2.75) is 13.0 Å². The fraction of sp³-hybridized carbons (Fsp3) is 0.150. The van der Waals surface area contributed by atoms with Crippen LogP contribution in [0.25, 0.3) is 10.9 Å². The molecule has 0 saturated heterocycles. The highest BCUT2D eigenvalue weighted by Gasteiger charge is 2.15. The third-order valence-electron chi connectivity index (χ3n) is 3.89. The number of aromatic nitrogens is 1. The van der Waals surface area contributed by atoms with Gasteiger partial charge in [-0.1, -0.05) is 42.5 Å². The zero-order valence-corrected chi connectivity index (χ0v) is 14.6. The molecule has 5 heteroatoms. The van der Waals surface area contributed by atoms with Crippen LogP contribution in [-0.4, -0.2) is 11.6 Å². The van der Waals surface area contributed by atoms with E-state index in [1.54, 1.807) is 24.4 Å². The van der Waals surface area contributed by atoms with E-state index in [0.29, 0.717) is 22.9 Å². The minimum atomic E-state index is -0.310. The van der Waals surface area contributed by atoms with Gasteiger partial charge in [0.25, 0.3) is 0 Å². The molecule has 0 spiro atoms. The third kappa shape index (κ3) is 3.74. The summed E-state index contributed by atoms with van der Waals surface area (Å²) in [5, 5.41) is 4.69. The van der Waals surface area contributed by atoms with Crippen molar-refractivity contribution < 1.29 is 9.13 Å². The highest BCUT2D eigenvalue weighted by Crippen LogP contribution is 2.33. The van der Waals surface area contributed by atoms with Crippen molar-refractivity contribution in [3.8, 4) is 5.75 Å². The van der Waals surface area contributed by atoms with Crippen molar-refractivity contribution in [2.75, 3.05) is 11.9 Å². The van der Waals surface area contributed by atoms with Crippen LogP contribution in [0.15, 0.2) is 61.3 Å². The fourth-order valence-electron chi connectivity index (χ4n) is 2.66. The summed E-state index contributed by atoms with van der Waals surface area (Å²) in [4.78, 5) is 4.31. The summed E-state index contributed by atoms with van der Waals surface area (Å²) in [5.74, 6) is 0.288. The van der Waals surface area contributed by atoms with Gasteiger partial charge in [-0.25, -0.2) is 4.39 Å². The zero-order chi connectivity index (χ0) is 17.8. The molecular formula is C20H18ClFN2O. The summed E-state index contributed by atoms with van der Waals surface area (Å²) in [6.07, 6.45) is 3.24. The van der Waals surface area contributed by atoms with Gasteiger partial charge in [0.1, 0.15) is 18.2 Å². The number of anilines is 1. The van der Waals surface area contributed by atoms with Gasteiger partial charge in [-0.15, -0.1) is 0 Å². The first-order chi connectivity index (χ1) is 12.1. The normalized spacial score (nSPS) is 12.0. The summed E-state index contributed by atoms with van der Waals surface area (Å²) in [7, 11) is 0. The molecule has 1 atom stereocenters. The maximum atomic E-state index is 14.3. The van der Waals surface area contributed by atoms with Gasteiger partial charge in [-0.2, -0.15) is 0 Å². The first kappa shape index (κ1) is 17.2. The number of fused-ring (bicyclic) bond motifs is 1. The standard InChI is InChI=1S/C20H18ClFN2O/c1-3-10-25-14-8-9-18(22)16(11-14)13(2)24-20-15-6-4-5-7-19(15)23-12-17(20)21/h3-9,11-13H,1,10H2,2H3,(H,23,24). The van der Waals surface area contributed by atoms with Crippen LogP contribution in [0.3, 0.4) is 0 Å². The van der Waals surface area contributed by atoms with Crippen LogP contribution in [0.5, 0.6) is 5.75 Å². The van der Waals surface area contributed by atoms with E-state index in [1.807, 2.05) is 31.2 Å². The third-order valence-corrected chi connectivity index (χ3v) is 4.18. The van der Waals surface area contributed by atoms with E-state index < -0.39 is 0 Å². The number of halogens is 2. The molecule has 2 aromatic carbocycles. The molecule has 3 aromatic rings. The number of rotatable bonds is 6. The number of ether oxygens (including phenoxy) is 1. The lowest BCUT2D eigenvalue weighted by molar-refractivity contribution is 0.361. The van der Waals surface area contributed by atoms with Crippen molar-refractivity contribution in [2.24, 2.45) is 0 Å². The Balaban J connectivity index is 1.94. The molecule has 0 aliphatic rings. The van der Waals surface area contributed by atoms with Crippen LogP contribution in [0, 0.1) is 5.82 Å². The van der Waals surface area contributed by atoms with Gasteiger partial charge in [-0.05, 0) is 31.2 Å². The molecule has 0 radical (unpaired) electrons. The van der Waals surface area contributed by atoms with E-state index >= 15 is 0 Å². The molecule has 25 heavy (non-hydrogen) atoms. The summed E-state index contributed by atoms with van der Waals surface area (Å²) >= 11 is 6.32. The predicted molar refractivity (Wildman–Crippen MR) is 101 cm³/mol. The van der Waals surface area contributed by atoms with Gasteiger partial charge in [0.15, 0.2) is 0 Å². The molecule has 0 fully saturated rings. The van der Waals surface area contributed by atoms with Crippen molar-refractivity contribution in [1.29, 1.82) is 0 Å². The zero-order valence-electron chi connectivity index (χ0n) is 13.8. The Morgan fingerprint density at radius 2 is 2.12 bits per heavy atom. The van der Waals surface area contributed by atoms with E-state index in [4.69, 9.17) is 16.3 Å². The second kappa shape index (κ2) is 7.53. The molecule has 1 unspecified atom stereocenters. The van der Waals surface area contributed by atoms with Crippen LogP contribution in [0.4, 0.5) is 10.1 Å². The highest BCUT2D eigenvalue weighted by atomic mass is 35.5. The lowest BCUT2D eigenvalue weighted by atomic mass is 10.1. The Kier molecular flexibility index (Phi) is 5.19. The minimum Gasteiger partial charge on any atom is -0.490 e. The Bertz CT molecular complexity index is 913.